The highest BCUT2D eigenvalue weighted by Crippen LogP contribution is 2.14. The Morgan fingerprint density at radius 2 is 2.28 bits per heavy atom. The minimum absolute atomic E-state index is 0.0199. The van der Waals surface area contributed by atoms with Crippen LogP contribution >= 0.6 is 15.9 Å². The van der Waals surface area contributed by atoms with Crippen molar-refractivity contribution in [1.82, 2.24) is 10.2 Å². The van der Waals surface area contributed by atoms with Crippen molar-refractivity contribution in [2.24, 2.45) is 5.73 Å². The van der Waals surface area contributed by atoms with Crippen molar-refractivity contribution in [3.63, 3.8) is 0 Å². The van der Waals surface area contributed by atoms with Crippen molar-refractivity contribution in [2.75, 3.05) is 20.6 Å². The molecular weight excluding hydrogens is 294 g/mol. The zero-order chi connectivity index (χ0) is 13.5. The topological polar surface area (TPSA) is 58.4 Å². The summed E-state index contributed by atoms with van der Waals surface area (Å²) in [4.78, 5) is 13.5. The molecule has 1 rings (SSSR count). The lowest BCUT2D eigenvalue weighted by molar-refractivity contribution is -0.121. The van der Waals surface area contributed by atoms with Crippen molar-refractivity contribution < 1.29 is 4.79 Å². The number of amides is 1. The Bertz CT molecular complexity index is 398. The highest BCUT2D eigenvalue weighted by atomic mass is 79.9. The van der Waals surface area contributed by atoms with Crippen molar-refractivity contribution in [2.45, 2.75) is 19.0 Å². The van der Waals surface area contributed by atoms with Gasteiger partial charge < -0.3 is 11.1 Å². The summed E-state index contributed by atoms with van der Waals surface area (Å²) >= 11 is 3.45. The van der Waals surface area contributed by atoms with Crippen molar-refractivity contribution in [1.29, 1.82) is 0 Å². The highest BCUT2D eigenvalue weighted by Gasteiger charge is 2.16. The summed E-state index contributed by atoms with van der Waals surface area (Å²) in [7, 11) is 3.63. The van der Waals surface area contributed by atoms with Crippen LogP contribution in [0.15, 0.2) is 28.7 Å². The first-order chi connectivity index (χ1) is 8.56. The largest absolute Gasteiger partial charge is 0.359 e. The Kier molecular flexibility index (Phi) is 6.32. The molecule has 5 heteroatoms. The fourth-order valence-corrected chi connectivity index (χ4v) is 2.23. The van der Waals surface area contributed by atoms with Crippen LogP contribution < -0.4 is 11.1 Å². The second-order valence-electron chi connectivity index (χ2n) is 4.31. The van der Waals surface area contributed by atoms with Crippen molar-refractivity contribution >= 4 is 21.8 Å². The number of carbonyl (C=O) groups is 1. The summed E-state index contributed by atoms with van der Waals surface area (Å²) in [6.45, 7) is 1.25. The van der Waals surface area contributed by atoms with Crippen LogP contribution in [-0.2, 0) is 11.3 Å². The van der Waals surface area contributed by atoms with E-state index in [1.54, 1.807) is 7.05 Å². The van der Waals surface area contributed by atoms with Crippen LogP contribution in [0.2, 0.25) is 0 Å². The van der Waals surface area contributed by atoms with Crippen molar-refractivity contribution in [3.8, 4) is 0 Å². The van der Waals surface area contributed by atoms with E-state index >= 15 is 0 Å². The van der Waals surface area contributed by atoms with Crippen LogP contribution in [0.3, 0.4) is 0 Å². The van der Waals surface area contributed by atoms with Gasteiger partial charge in [-0.2, -0.15) is 0 Å². The first-order valence-corrected chi connectivity index (χ1v) is 6.71. The monoisotopic (exact) mass is 313 g/mol. The van der Waals surface area contributed by atoms with Crippen LogP contribution in [0.5, 0.6) is 0 Å². The minimum atomic E-state index is 0.0199. The molecule has 4 nitrogen and oxygen atoms in total. The molecule has 100 valence electrons. The molecule has 1 aromatic rings. The maximum absolute atomic E-state index is 11.4. The molecule has 1 amide bonds. The summed E-state index contributed by atoms with van der Waals surface area (Å²) in [5.74, 6) is 0.0199. The molecule has 0 aromatic heterocycles. The zero-order valence-corrected chi connectivity index (χ0v) is 12.4. The zero-order valence-electron chi connectivity index (χ0n) is 10.8. The molecule has 0 saturated carbocycles. The summed E-state index contributed by atoms with van der Waals surface area (Å²) in [5, 5.41) is 2.63. The lowest BCUT2D eigenvalue weighted by atomic mass is 10.1. The molecule has 0 heterocycles. The van der Waals surface area contributed by atoms with Gasteiger partial charge in [0, 0.05) is 37.1 Å². The van der Waals surface area contributed by atoms with Gasteiger partial charge in [-0.05, 0) is 24.7 Å². The molecule has 0 aliphatic heterocycles. The third kappa shape index (κ3) is 4.76. The maximum Gasteiger partial charge on any atom is 0.221 e. The lowest BCUT2D eigenvalue weighted by Crippen LogP contribution is -2.41. The van der Waals surface area contributed by atoms with Crippen LogP contribution in [0.25, 0.3) is 0 Å². The molecule has 0 spiro atoms. The van der Waals surface area contributed by atoms with Gasteiger partial charge in [0.25, 0.3) is 0 Å². The smallest absolute Gasteiger partial charge is 0.221 e. The van der Waals surface area contributed by atoms with Crippen LogP contribution in [0.4, 0.5) is 0 Å². The molecule has 0 fully saturated rings. The molecule has 0 aliphatic carbocycles. The van der Waals surface area contributed by atoms with Gasteiger partial charge in [0.2, 0.25) is 5.91 Å². The second-order valence-corrected chi connectivity index (χ2v) is 5.23. The third-order valence-corrected chi connectivity index (χ3v) is 3.41. The molecule has 0 aliphatic rings. The predicted octanol–water partition coefficient (Wildman–Crippen LogP) is 1.34. The first kappa shape index (κ1) is 15.1. The van der Waals surface area contributed by atoms with E-state index in [1.165, 1.54) is 5.56 Å². The minimum Gasteiger partial charge on any atom is -0.359 e. The van der Waals surface area contributed by atoms with Gasteiger partial charge in [-0.3, -0.25) is 9.69 Å². The van der Waals surface area contributed by atoms with Gasteiger partial charge in [-0.15, -0.1) is 0 Å². The van der Waals surface area contributed by atoms with E-state index in [0.717, 1.165) is 11.0 Å². The molecule has 0 bridgehead atoms. The van der Waals surface area contributed by atoms with Gasteiger partial charge in [0.1, 0.15) is 0 Å². The van der Waals surface area contributed by atoms with E-state index in [4.69, 9.17) is 5.73 Å². The van der Waals surface area contributed by atoms with E-state index in [1.807, 2.05) is 19.2 Å². The summed E-state index contributed by atoms with van der Waals surface area (Å²) < 4.78 is 1.06. The van der Waals surface area contributed by atoms with E-state index in [2.05, 4.69) is 38.3 Å². The van der Waals surface area contributed by atoms with Crippen LogP contribution in [-0.4, -0.2) is 37.5 Å². The summed E-state index contributed by atoms with van der Waals surface area (Å²) in [5.41, 5.74) is 6.93. The average molecular weight is 314 g/mol. The third-order valence-electron chi connectivity index (χ3n) is 2.92. The van der Waals surface area contributed by atoms with Crippen molar-refractivity contribution in [3.05, 3.63) is 34.3 Å². The predicted molar refractivity (Wildman–Crippen MR) is 77.1 cm³/mol. The number of likely N-dealkylation sites (N-methyl/N-ethyl adjacent to an activating group) is 1. The quantitative estimate of drug-likeness (QED) is 0.833. The Hall–Kier alpha value is -0.910. The molecule has 0 radical (unpaired) electrons. The Labute approximate surface area is 117 Å². The Morgan fingerprint density at radius 3 is 2.83 bits per heavy atom. The number of halogens is 1. The average Bonchev–Trinajstić information content (AvgIpc) is 2.35. The summed E-state index contributed by atoms with van der Waals surface area (Å²) in [6, 6.07) is 8.19. The first-order valence-electron chi connectivity index (χ1n) is 5.92. The maximum atomic E-state index is 11.4. The number of carbonyl (C=O) groups excluding carboxylic acids is 1. The van der Waals surface area contributed by atoms with Gasteiger partial charge in [0.15, 0.2) is 0 Å². The Morgan fingerprint density at radius 1 is 1.56 bits per heavy atom. The fraction of sp³-hybridized carbons (Fsp3) is 0.462. The number of nitrogens with zero attached hydrogens (tertiary/aromatic N) is 1. The van der Waals surface area contributed by atoms with E-state index < -0.39 is 0 Å². The van der Waals surface area contributed by atoms with Gasteiger partial charge >= 0.3 is 0 Å². The van der Waals surface area contributed by atoms with Crippen LogP contribution in [0, 0.1) is 0 Å². The molecular formula is C13H20BrN3O. The molecule has 0 saturated heterocycles. The van der Waals surface area contributed by atoms with E-state index in [0.29, 0.717) is 13.0 Å². The highest BCUT2D eigenvalue weighted by molar-refractivity contribution is 9.10. The molecule has 1 atom stereocenters. The molecule has 3 N–H and O–H groups in total. The fourth-order valence-electron chi connectivity index (χ4n) is 1.79. The van der Waals surface area contributed by atoms with Gasteiger partial charge in [-0.1, -0.05) is 28.1 Å². The molecule has 1 aromatic carbocycles. The van der Waals surface area contributed by atoms with Gasteiger partial charge in [0.05, 0.1) is 0 Å². The van der Waals surface area contributed by atoms with Crippen LogP contribution in [0.1, 0.15) is 12.0 Å². The van der Waals surface area contributed by atoms with E-state index in [9.17, 15) is 4.79 Å². The number of hydrogen-bond donors (Lipinski definition) is 2. The molecule has 18 heavy (non-hydrogen) atoms. The number of nitrogens with one attached hydrogen (secondary N) is 1. The summed E-state index contributed by atoms with van der Waals surface area (Å²) in [6.07, 6.45) is 0.428. The molecule has 1 unspecified atom stereocenters. The standard InChI is InChI=1S/C13H20BrN3O/c1-16-13(18)7-12(8-15)17(2)9-10-4-3-5-11(14)6-10/h3-6,12H,7-9,15H2,1-2H3,(H,16,18). The van der Waals surface area contributed by atoms with Gasteiger partial charge in [-0.25, -0.2) is 0 Å². The number of benzene rings is 1. The van der Waals surface area contributed by atoms with E-state index in [-0.39, 0.29) is 11.9 Å². The number of hydrogen-bond acceptors (Lipinski definition) is 3. The normalized spacial score (nSPS) is 12.5. The number of rotatable bonds is 6. The number of nitrogens with two attached hydrogens (primary N) is 1. The lowest BCUT2D eigenvalue weighted by Gasteiger charge is -2.26. The second kappa shape index (κ2) is 7.51. The SMILES string of the molecule is CNC(=O)CC(CN)N(C)Cc1cccc(Br)c1. The Balaban J connectivity index is 2.61.